The Labute approximate surface area is 254 Å². The van der Waals surface area contributed by atoms with E-state index >= 15 is 0 Å². The summed E-state index contributed by atoms with van der Waals surface area (Å²) in [6, 6.07) is 13.4. The quantitative estimate of drug-likeness (QED) is 0.385. The van der Waals surface area contributed by atoms with E-state index in [1.54, 1.807) is 30.6 Å². The molecule has 1 amide bonds. The first-order valence-corrected chi connectivity index (χ1v) is 12.6. The van der Waals surface area contributed by atoms with Crippen LogP contribution in [0.3, 0.4) is 0 Å². The van der Waals surface area contributed by atoms with Crippen LogP contribution < -0.4 is 39.8 Å². The molecule has 0 radical (unpaired) electrons. The largest absolute Gasteiger partial charge is 1.00 e. The molecule has 1 saturated heterocycles. The number of nitrogens with one attached hydrogen (secondary N) is 1. The molecule has 3 aromatic rings. The summed E-state index contributed by atoms with van der Waals surface area (Å²) in [7, 11) is 0. The van der Waals surface area contributed by atoms with Gasteiger partial charge in [-0.25, -0.2) is 14.8 Å². The van der Waals surface area contributed by atoms with Crippen molar-refractivity contribution in [2.24, 2.45) is 0 Å². The molecule has 1 aliphatic rings. The molecule has 194 valence electrons. The number of benzene rings is 2. The minimum Gasteiger partial charge on any atom is -1.00 e. The summed E-state index contributed by atoms with van der Waals surface area (Å²) in [4.78, 5) is 35.4. The molecule has 8 nitrogen and oxygen atoms in total. The van der Waals surface area contributed by atoms with Gasteiger partial charge in [-0.1, -0.05) is 53.6 Å². The van der Waals surface area contributed by atoms with Gasteiger partial charge in [-0.15, -0.1) is 0 Å². The van der Waals surface area contributed by atoms with Gasteiger partial charge in [0, 0.05) is 37.3 Å². The van der Waals surface area contributed by atoms with Crippen LogP contribution in [0, 0.1) is 0 Å². The molecule has 0 spiro atoms. The van der Waals surface area contributed by atoms with Crippen molar-refractivity contribution in [2.45, 2.75) is 31.3 Å². The third-order valence-corrected chi connectivity index (χ3v) is 6.60. The van der Waals surface area contributed by atoms with E-state index < -0.39 is 17.9 Å². The van der Waals surface area contributed by atoms with E-state index in [4.69, 9.17) is 27.9 Å². The Morgan fingerprint density at radius 1 is 1.08 bits per heavy atom. The first kappa shape index (κ1) is 30.1. The zero-order chi connectivity index (χ0) is 26.2. The van der Waals surface area contributed by atoms with Gasteiger partial charge in [0.05, 0.1) is 15.6 Å². The Hall–Kier alpha value is -2.46. The van der Waals surface area contributed by atoms with E-state index in [1.807, 2.05) is 30.3 Å². The van der Waals surface area contributed by atoms with E-state index in [-0.39, 0.29) is 59.1 Å². The van der Waals surface area contributed by atoms with E-state index in [2.05, 4.69) is 20.2 Å². The second-order valence-corrected chi connectivity index (χ2v) is 9.27. The summed E-state index contributed by atoms with van der Waals surface area (Å²) >= 11 is 12.1. The first-order valence-electron chi connectivity index (χ1n) is 11.8. The number of aliphatic carboxylic acids is 1. The van der Waals surface area contributed by atoms with Crippen LogP contribution in [-0.4, -0.2) is 52.2 Å². The van der Waals surface area contributed by atoms with E-state index in [1.165, 1.54) is 12.1 Å². The van der Waals surface area contributed by atoms with Crippen LogP contribution in [0.1, 0.15) is 36.6 Å². The van der Waals surface area contributed by atoms with Crippen LogP contribution in [0.2, 0.25) is 10.0 Å². The van der Waals surface area contributed by atoms with Crippen molar-refractivity contribution >= 4 is 52.8 Å². The number of rotatable bonds is 9. The van der Waals surface area contributed by atoms with Crippen molar-refractivity contribution in [1.82, 2.24) is 15.3 Å². The SMILES string of the molecule is O=C(NC(CC=Cc1ccc(N(c2ncccn2)C2CCOCC2)cc1)C(=O)O)c1c(Cl)cccc1Cl.[H-].[Na+]. The third-order valence-electron chi connectivity index (χ3n) is 5.97. The molecular formula is C27H27Cl2N4NaO4. The molecule has 1 aromatic heterocycles. The Balaban J connectivity index is 0.00000267. The van der Waals surface area contributed by atoms with Crippen molar-refractivity contribution in [3.8, 4) is 0 Å². The number of ether oxygens (including phenoxy) is 1. The van der Waals surface area contributed by atoms with Gasteiger partial charge in [0.1, 0.15) is 6.04 Å². The van der Waals surface area contributed by atoms with E-state index in [0.717, 1.165) is 24.1 Å². The zero-order valence-electron chi connectivity index (χ0n) is 21.9. The standard InChI is InChI=1S/C27H26Cl2N4O4.Na.H/c28-21-5-2-6-22(29)24(21)25(34)32-23(26(35)36)7-1-4-18-8-10-19(11-9-18)33(20-12-16-37-17-13-20)27-30-14-3-15-31-27;;/h1-6,8-11,14-15,20,23H,7,12-13,16-17H2,(H,32,34)(H,35,36);;/q;+1;-1. The predicted octanol–water partition coefficient (Wildman–Crippen LogP) is 2.50. The number of carbonyl (C=O) groups excluding carboxylic acids is 1. The van der Waals surface area contributed by atoms with Gasteiger partial charge in [-0.05, 0) is 55.2 Å². The van der Waals surface area contributed by atoms with Gasteiger partial charge in [0.15, 0.2) is 0 Å². The van der Waals surface area contributed by atoms with Crippen LogP contribution in [0.15, 0.2) is 67.0 Å². The van der Waals surface area contributed by atoms with Gasteiger partial charge >= 0.3 is 35.5 Å². The van der Waals surface area contributed by atoms with Gasteiger partial charge < -0.3 is 21.5 Å². The fourth-order valence-electron chi connectivity index (χ4n) is 4.10. The molecular weight excluding hydrogens is 538 g/mol. The first-order chi connectivity index (χ1) is 17.9. The molecule has 2 N–H and O–H groups in total. The minimum absolute atomic E-state index is 0. The number of hydrogen-bond acceptors (Lipinski definition) is 6. The maximum atomic E-state index is 12.6. The summed E-state index contributed by atoms with van der Waals surface area (Å²) in [5, 5.41) is 12.4. The maximum Gasteiger partial charge on any atom is 1.00 e. The third kappa shape index (κ3) is 7.79. The summed E-state index contributed by atoms with van der Waals surface area (Å²) in [6.07, 6.45) is 8.80. The molecule has 1 unspecified atom stereocenters. The summed E-state index contributed by atoms with van der Waals surface area (Å²) in [5.41, 5.74) is 1.89. The van der Waals surface area contributed by atoms with Crippen LogP contribution in [0.25, 0.3) is 6.08 Å². The molecule has 2 aromatic carbocycles. The Morgan fingerprint density at radius 3 is 2.32 bits per heavy atom. The molecule has 1 atom stereocenters. The smallest absolute Gasteiger partial charge is 1.00 e. The minimum atomic E-state index is -1.16. The molecule has 2 heterocycles. The van der Waals surface area contributed by atoms with Crippen molar-refractivity contribution in [3.63, 3.8) is 0 Å². The molecule has 11 heteroatoms. The summed E-state index contributed by atoms with van der Waals surface area (Å²) in [5.74, 6) is -1.17. The monoisotopic (exact) mass is 564 g/mol. The number of aromatic nitrogens is 2. The summed E-state index contributed by atoms with van der Waals surface area (Å²) in [6.45, 7) is 1.39. The van der Waals surface area contributed by atoms with Crippen molar-refractivity contribution < 1.29 is 50.4 Å². The van der Waals surface area contributed by atoms with Gasteiger partial charge in [-0.3, -0.25) is 4.79 Å². The Kier molecular flexibility index (Phi) is 11.6. The Bertz CT molecular complexity index is 1240. The maximum absolute atomic E-state index is 12.6. The van der Waals surface area contributed by atoms with E-state index in [0.29, 0.717) is 19.2 Å². The average molecular weight is 565 g/mol. The molecule has 0 aliphatic carbocycles. The second-order valence-electron chi connectivity index (χ2n) is 8.45. The number of hydrogen-bond donors (Lipinski definition) is 2. The number of carboxylic acids is 1. The van der Waals surface area contributed by atoms with Crippen molar-refractivity contribution in [3.05, 3.63) is 88.2 Å². The second kappa shape index (κ2) is 14.6. The molecule has 1 aliphatic heterocycles. The fraction of sp³-hybridized carbons (Fsp3) is 0.259. The van der Waals surface area contributed by atoms with E-state index in [9.17, 15) is 14.7 Å². The average Bonchev–Trinajstić information content (AvgIpc) is 2.90. The molecule has 4 rings (SSSR count). The van der Waals surface area contributed by atoms with Crippen LogP contribution >= 0.6 is 23.2 Å². The molecule has 38 heavy (non-hydrogen) atoms. The van der Waals surface area contributed by atoms with Gasteiger partial charge in [-0.2, -0.15) is 0 Å². The van der Waals surface area contributed by atoms with Gasteiger partial charge in [0.2, 0.25) is 5.95 Å². The number of carbonyl (C=O) groups is 2. The molecule has 0 bridgehead atoms. The number of carboxylic acid groups (broad SMARTS) is 1. The number of halogens is 2. The van der Waals surface area contributed by atoms with Crippen molar-refractivity contribution in [1.29, 1.82) is 0 Å². The Morgan fingerprint density at radius 2 is 1.71 bits per heavy atom. The topological polar surface area (TPSA) is 105 Å². The normalized spacial score (nSPS) is 14.5. The van der Waals surface area contributed by atoms with Crippen LogP contribution in [0.5, 0.6) is 0 Å². The van der Waals surface area contributed by atoms with Crippen molar-refractivity contribution in [2.75, 3.05) is 18.1 Å². The number of nitrogens with zero attached hydrogens (tertiary/aromatic N) is 3. The number of anilines is 2. The fourth-order valence-corrected chi connectivity index (χ4v) is 4.67. The van der Waals surface area contributed by atoms with Gasteiger partial charge in [0.25, 0.3) is 5.91 Å². The molecule has 0 saturated carbocycles. The zero-order valence-corrected chi connectivity index (χ0v) is 24.4. The summed E-state index contributed by atoms with van der Waals surface area (Å²) < 4.78 is 5.52. The molecule has 1 fully saturated rings. The van der Waals surface area contributed by atoms with Crippen LogP contribution in [-0.2, 0) is 9.53 Å². The van der Waals surface area contributed by atoms with Crippen LogP contribution in [0.4, 0.5) is 11.6 Å². The predicted molar refractivity (Wildman–Crippen MR) is 145 cm³/mol. The number of amides is 1.